The van der Waals surface area contributed by atoms with Crippen LogP contribution in [0, 0.1) is 11.7 Å². The number of piperidine rings is 1. The van der Waals surface area contributed by atoms with Gasteiger partial charge in [-0.1, -0.05) is 30.4 Å². The van der Waals surface area contributed by atoms with Crippen LogP contribution in [0.15, 0.2) is 54.1 Å². The molecule has 0 saturated carbocycles. The van der Waals surface area contributed by atoms with Crippen LogP contribution in [0.1, 0.15) is 19.8 Å². The summed E-state index contributed by atoms with van der Waals surface area (Å²) in [5.74, 6) is 0.366. The van der Waals surface area contributed by atoms with E-state index >= 15 is 0 Å². The first-order chi connectivity index (χ1) is 18.4. The number of benzene rings is 2. The molecule has 7 heteroatoms. The number of allylic oxidation sites excluding steroid dienone is 2. The molecule has 1 fully saturated rings. The smallest absolute Gasteiger partial charge is 0.125 e. The Morgan fingerprint density at radius 1 is 1.18 bits per heavy atom. The van der Waals surface area contributed by atoms with E-state index in [0.29, 0.717) is 5.92 Å². The fourth-order valence-corrected chi connectivity index (χ4v) is 5.17. The van der Waals surface area contributed by atoms with Crippen LogP contribution in [-0.4, -0.2) is 60.4 Å². The molecule has 2 aromatic carbocycles. The predicted octanol–water partition coefficient (Wildman–Crippen LogP) is 4.47. The monoisotopic (exact) mass is 512 g/mol. The zero-order chi connectivity index (χ0) is 26.6. The Labute approximate surface area is 223 Å². The molecule has 198 valence electrons. The van der Waals surface area contributed by atoms with Crippen molar-refractivity contribution in [1.29, 1.82) is 0 Å². The number of fused-ring (bicyclic) bond motifs is 1. The van der Waals surface area contributed by atoms with Crippen LogP contribution >= 0.6 is 0 Å². The van der Waals surface area contributed by atoms with E-state index in [0.717, 1.165) is 75.9 Å². The molecule has 0 bridgehead atoms. The third kappa shape index (κ3) is 5.74. The Kier molecular flexibility index (Phi) is 7.77. The van der Waals surface area contributed by atoms with Crippen LogP contribution in [0.3, 0.4) is 0 Å². The second-order valence-corrected chi connectivity index (χ2v) is 10.5. The molecule has 1 aliphatic heterocycles. The number of halogens is 1. The molecule has 6 nitrogen and oxygen atoms in total. The largest absolute Gasteiger partial charge is 0.384 e. The van der Waals surface area contributed by atoms with Crippen molar-refractivity contribution >= 4 is 29.2 Å². The minimum absolute atomic E-state index is 0.261. The van der Waals surface area contributed by atoms with Crippen molar-refractivity contribution in [3.05, 3.63) is 70.5 Å². The molecule has 4 aromatic rings. The standard InChI is InChI=1S/C31H37FN6/c1-20(22-10-12-33-13-11-22)8-9-28-21(2)31(37-36-28)30-19-27-26(6-5-7-29(27)35-30)23-16-24(32)18-25(17-23)34-14-15-38(3)4/h5-9,16-19,22,33-36H,2,10-15H2,1,3-4H3/b20-8+,28-9+. The molecule has 2 aromatic heterocycles. The highest BCUT2D eigenvalue weighted by molar-refractivity contribution is 5.98. The lowest BCUT2D eigenvalue weighted by Gasteiger charge is -2.23. The second kappa shape index (κ2) is 11.4. The van der Waals surface area contributed by atoms with Crippen LogP contribution < -0.4 is 21.2 Å². The number of aromatic amines is 2. The highest BCUT2D eigenvalue weighted by atomic mass is 19.1. The molecule has 0 atom stereocenters. The molecule has 1 saturated heterocycles. The van der Waals surface area contributed by atoms with Gasteiger partial charge in [0, 0.05) is 34.9 Å². The predicted molar refractivity (Wildman–Crippen MR) is 157 cm³/mol. The number of H-pyrrole nitrogens is 2. The van der Waals surface area contributed by atoms with Gasteiger partial charge in [0.05, 0.1) is 11.0 Å². The third-order valence-electron chi connectivity index (χ3n) is 7.41. The SMILES string of the molecule is C=c1c(-c2cc3c(-c4cc(F)cc(NCCN(C)C)c4)cccc3[nH]2)n[nH]/c1=C/C=C(\C)C1CCNCC1. The number of hydrogen-bond acceptors (Lipinski definition) is 4. The summed E-state index contributed by atoms with van der Waals surface area (Å²) in [5, 5.41) is 17.3. The number of anilines is 1. The first-order valence-electron chi connectivity index (χ1n) is 13.3. The van der Waals surface area contributed by atoms with Crippen molar-refractivity contribution in [2.24, 2.45) is 5.92 Å². The zero-order valence-corrected chi connectivity index (χ0v) is 22.5. The molecule has 38 heavy (non-hydrogen) atoms. The van der Waals surface area contributed by atoms with Crippen molar-refractivity contribution in [2.75, 3.05) is 45.6 Å². The van der Waals surface area contributed by atoms with E-state index in [1.165, 1.54) is 18.4 Å². The van der Waals surface area contributed by atoms with E-state index in [1.54, 1.807) is 12.1 Å². The lowest BCUT2D eigenvalue weighted by molar-refractivity contribution is 0.420. The van der Waals surface area contributed by atoms with Gasteiger partial charge >= 0.3 is 0 Å². The number of nitrogens with one attached hydrogen (secondary N) is 4. The maximum absolute atomic E-state index is 14.6. The van der Waals surface area contributed by atoms with E-state index in [2.05, 4.69) is 62.4 Å². The molecular weight excluding hydrogens is 475 g/mol. The molecule has 4 N–H and O–H groups in total. The van der Waals surface area contributed by atoms with Gasteiger partial charge in [0.2, 0.25) is 0 Å². The van der Waals surface area contributed by atoms with Crippen LogP contribution in [-0.2, 0) is 0 Å². The Hall–Kier alpha value is -3.68. The van der Waals surface area contributed by atoms with Gasteiger partial charge in [0.15, 0.2) is 0 Å². The molecule has 1 aliphatic rings. The topological polar surface area (TPSA) is 71.8 Å². The first kappa shape index (κ1) is 25.9. The van der Waals surface area contributed by atoms with Crippen LogP contribution in [0.4, 0.5) is 10.1 Å². The normalized spacial score (nSPS) is 15.6. The van der Waals surface area contributed by atoms with Gasteiger partial charge in [-0.2, -0.15) is 5.10 Å². The second-order valence-electron chi connectivity index (χ2n) is 10.5. The van der Waals surface area contributed by atoms with E-state index in [4.69, 9.17) is 0 Å². The Bertz CT molecular complexity index is 1550. The van der Waals surface area contributed by atoms with E-state index < -0.39 is 0 Å². The quantitative estimate of drug-likeness (QED) is 0.281. The summed E-state index contributed by atoms with van der Waals surface area (Å²) in [6.07, 6.45) is 6.64. The number of rotatable bonds is 8. The summed E-state index contributed by atoms with van der Waals surface area (Å²) in [4.78, 5) is 5.59. The van der Waals surface area contributed by atoms with Gasteiger partial charge in [-0.3, -0.25) is 5.10 Å². The lowest BCUT2D eigenvalue weighted by Crippen LogP contribution is -2.28. The minimum atomic E-state index is -0.261. The summed E-state index contributed by atoms with van der Waals surface area (Å²) >= 11 is 0. The molecule has 5 rings (SSSR count). The van der Waals surface area contributed by atoms with Gasteiger partial charge in [-0.25, -0.2) is 4.39 Å². The fraction of sp³-hybridized carbons (Fsp3) is 0.323. The fourth-order valence-electron chi connectivity index (χ4n) is 5.17. The summed E-state index contributed by atoms with van der Waals surface area (Å²) in [5.41, 5.74) is 6.60. The average molecular weight is 513 g/mol. The van der Waals surface area contributed by atoms with Crippen molar-refractivity contribution in [2.45, 2.75) is 19.8 Å². The maximum Gasteiger partial charge on any atom is 0.125 e. The maximum atomic E-state index is 14.6. The van der Waals surface area contributed by atoms with E-state index in [9.17, 15) is 4.39 Å². The average Bonchev–Trinajstić information content (AvgIpc) is 3.50. The Balaban J connectivity index is 1.45. The molecule has 0 aliphatic carbocycles. The number of nitrogens with zero attached hydrogens (tertiary/aromatic N) is 2. The number of hydrogen-bond donors (Lipinski definition) is 4. The van der Waals surface area contributed by atoms with E-state index in [-0.39, 0.29) is 5.82 Å². The third-order valence-corrected chi connectivity index (χ3v) is 7.41. The first-order valence-corrected chi connectivity index (χ1v) is 13.3. The van der Waals surface area contributed by atoms with Gasteiger partial charge in [0.25, 0.3) is 0 Å². The van der Waals surface area contributed by atoms with Gasteiger partial charge in [-0.15, -0.1) is 0 Å². The highest BCUT2D eigenvalue weighted by Gasteiger charge is 2.15. The molecule has 0 radical (unpaired) electrons. The number of likely N-dealkylation sites (N-methyl/N-ethyl adjacent to an activating group) is 1. The van der Waals surface area contributed by atoms with Crippen molar-refractivity contribution in [1.82, 2.24) is 25.4 Å². The molecule has 0 amide bonds. The Morgan fingerprint density at radius 3 is 2.79 bits per heavy atom. The lowest BCUT2D eigenvalue weighted by atomic mass is 9.91. The Morgan fingerprint density at radius 2 is 2.00 bits per heavy atom. The summed E-state index contributed by atoms with van der Waals surface area (Å²) in [6, 6.07) is 13.3. The van der Waals surface area contributed by atoms with Crippen LogP contribution in [0.5, 0.6) is 0 Å². The van der Waals surface area contributed by atoms with Crippen molar-refractivity contribution in [3.8, 4) is 22.5 Å². The van der Waals surface area contributed by atoms with Gasteiger partial charge < -0.3 is 20.5 Å². The van der Waals surface area contributed by atoms with Gasteiger partial charge in [-0.05, 0) is 100 Å². The summed E-state index contributed by atoms with van der Waals surface area (Å²) in [7, 11) is 4.04. The summed E-state index contributed by atoms with van der Waals surface area (Å²) in [6.45, 7) is 10.3. The zero-order valence-electron chi connectivity index (χ0n) is 22.5. The molecular formula is C31H37FN6. The molecule has 3 heterocycles. The highest BCUT2D eigenvalue weighted by Crippen LogP contribution is 2.33. The van der Waals surface area contributed by atoms with Crippen LogP contribution in [0.25, 0.3) is 46.1 Å². The van der Waals surface area contributed by atoms with Gasteiger partial charge in [0.1, 0.15) is 11.5 Å². The van der Waals surface area contributed by atoms with Crippen molar-refractivity contribution < 1.29 is 4.39 Å². The van der Waals surface area contributed by atoms with Crippen molar-refractivity contribution in [3.63, 3.8) is 0 Å². The van der Waals surface area contributed by atoms with Crippen LogP contribution in [0.2, 0.25) is 0 Å². The molecule has 0 spiro atoms. The minimum Gasteiger partial charge on any atom is -0.384 e. The number of aromatic nitrogens is 3. The van der Waals surface area contributed by atoms with E-state index in [1.807, 2.05) is 38.4 Å². The molecule has 0 unspecified atom stereocenters. The summed E-state index contributed by atoms with van der Waals surface area (Å²) < 4.78 is 14.6.